The van der Waals surface area contributed by atoms with Crippen LogP contribution in [0.1, 0.15) is 51.7 Å². The molecule has 7 heteroatoms. The van der Waals surface area contributed by atoms with Gasteiger partial charge < -0.3 is 19.6 Å². The zero-order chi connectivity index (χ0) is 21.7. The third kappa shape index (κ3) is 5.59. The number of hydrogen-bond donors (Lipinski definition) is 2. The van der Waals surface area contributed by atoms with E-state index >= 15 is 0 Å². The molecule has 0 bridgehead atoms. The Hall–Kier alpha value is -2.83. The Morgan fingerprint density at radius 1 is 1.24 bits per heavy atom. The van der Waals surface area contributed by atoms with Gasteiger partial charge in [-0.15, -0.1) is 0 Å². The molecule has 1 aromatic heterocycles. The molecule has 2 aromatic rings. The molecule has 2 atom stereocenters. The van der Waals surface area contributed by atoms with Gasteiger partial charge in [0, 0.05) is 17.0 Å². The zero-order valence-corrected chi connectivity index (χ0v) is 17.6. The molecule has 7 nitrogen and oxygen atoms in total. The number of fused-ring (bicyclic) bond motifs is 1. The van der Waals surface area contributed by atoms with Crippen molar-refractivity contribution >= 4 is 22.8 Å². The Bertz CT molecular complexity index is 946. The van der Waals surface area contributed by atoms with Crippen molar-refractivity contribution in [3.05, 3.63) is 39.7 Å². The maximum absolute atomic E-state index is 12.4. The van der Waals surface area contributed by atoms with E-state index in [0.29, 0.717) is 23.3 Å². The number of carboxylic acid groups (broad SMARTS) is 1. The van der Waals surface area contributed by atoms with Gasteiger partial charge in [0.05, 0.1) is 0 Å². The summed E-state index contributed by atoms with van der Waals surface area (Å²) in [6.07, 6.45) is 1.07. The van der Waals surface area contributed by atoms with Crippen LogP contribution in [0.2, 0.25) is 0 Å². The van der Waals surface area contributed by atoms with Gasteiger partial charge in [0.2, 0.25) is 0 Å². The maximum Gasteiger partial charge on any atom is 0.336 e. The second-order valence-electron chi connectivity index (χ2n) is 7.70. The van der Waals surface area contributed by atoms with Crippen molar-refractivity contribution in [2.24, 2.45) is 5.92 Å². The van der Waals surface area contributed by atoms with E-state index < -0.39 is 29.6 Å². The van der Waals surface area contributed by atoms with E-state index in [1.165, 1.54) is 6.07 Å². The Labute approximate surface area is 170 Å². The molecule has 0 aliphatic rings. The molecule has 0 saturated carbocycles. The van der Waals surface area contributed by atoms with Crippen molar-refractivity contribution < 1.29 is 23.8 Å². The highest BCUT2D eigenvalue weighted by molar-refractivity contribution is 5.87. The summed E-state index contributed by atoms with van der Waals surface area (Å²) in [6, 6.07) is 4.09. The zero-order valence-electron chi connectivity index (χ0n) is 17.6. The lowest BCUT2D eigenvalue weighted by Crippen LogP contribution is -2.46. The highest BCUT2D eigenvalue weighted by Gasteiger charge is 2.25. The van der Waals surface area contributed by atoms with E-state index in [0.717, 1.165) is 23.8 Å². The molecule has 0 fully saturated rings. The van der Waals surface area contributed by atoms with Gasteiger partial charge in [0.15, 0.2) is 6.10 Å². The lowest BCUT2D eigenvalue weighted by molar-refractivity contribution is -0.143. The van der Waals surface area contributed by atoms with Gasteiger partial charge in [0.1, 0.15) is 17.4 Å². The first kappa shape index (κ1) is 22.5. The van der Waals surface area contributed by atoms with Crippen LogP contribution in [0.25, 0.3) is 11.0 Å². The number of nitrogens with one attached hydrogen (secondary N) is 1. The summed E-state index contributed by atoms with van der Waals surface area (Å²) in [7, 11) is 0. The smallest absolute Gasteiger partial charge is 0.336 e. The normalized spacial score (nSPS) is 13.3. The summed E-state index contributed by atoms with van der Waals surface area (Å²) in [6.45, 7) is 9.13. The number of hydrogen-bond acceptors (Lipinski definition) is 5. The summed E-state index contributed by atoms with van der Waals surface area (Å²) < 4.78 is 11.2. The van der Waals surface area contributed by atoms with Gasteiger partial charge in [0.25, 0.3) is 5.91 Å². The van der Waals surface area contributed by atoms with Crippen LogP contribution < -0.4 is 15.7 Å². The fourth-order valence-corrected chi connectivity index (χ4v) is 3.24. The molecule has 0 unspecified atom stereocenters. The molecule has 1 amide bonds. The van der Waals surface area contributed by atoms with Crippen LogP contribution in [0.5, 0.6) is 5.75 Å². The lowest BCUT2D eigenvalue weighted by Gasteiger charge is -2.21. The molecule has 1 aromatic carbocycles. The van der Waals surface area contributed by atoms with E-state index in [4.69, 9.17) is 9.15 Å². The third-order valence-corrected chi connectivity index (χ3v) is 4.71. The van der Waals surface area contributed by atoms with Crippen LogP contribution in [-0.2, 0) is 16.0 Å². The molecular weight excluding hydrogens is 374 g/mol. The van der Waals surface area contributed by atoms with Crippen LogP contribution in [-0.4, -0.2) is 29.1 Å². The molecule has 0 aliphatic heterocycles. The number of carbonyl (C=O) groups excluding carboxylic acids is 1. The highest BCUT2D eigenvalue weighted by Crippen LogP contribution is 2.29. The van der Waals surface area contributed by atoms with Gasteiger partial charge in [-0.25, -0.2) is 9.59 Å². The monoisotopic (exact) mass is 403 g/mol. The summed E-state index contributed by atoms with van der Waals surface area (Å²) >= 11 is 0. The highest BCUT2D eigenvalue weighted by atomic mass is 16.5. The SMILES string of the molecule is CCCc1cc(=O)oc2c(C)c(O[C@H](C)C(=O)N[C@@H](CC(C)C)C(=O)O)ccc12. The number of carbonyl (C=O) groups is 2. The second kappa shape index (κ2) is 9.58. The average Bonchev–Trinajstić information content (AvgIpc) is 2.63. The number of rotatable bonds is 9. The first-order chi connectivity index (χ1) is 13.6. The number of aliphatic carboxylic acids is 1. The van der Waals surface area contributed by atoms with Crippen LogP contribution in [0.15, 0.2) is 27.4 Å². The van der Waals surface area contributed by atoms with Crippen LogP contribution >= 0.6 is 0 Å². The van der Waals surface area contributed by atoms with Crippen LogP contribution in [0.4, 0.5) is 0 Å². The molecule has 1 heterocycles. The maximum atomic E-state index is 12.4. The number of aryl methyl sites for hydroxylation is 2. The quantitative estimate of drug-likeness (QED) is 0.621. The molecule has 0 aliphatic carbocycles. The van der Waals surface area contributed by atoms with Crippen molar-refractivity contribution in [3.8, 4) is 5.75 Å². The fourth-order valence-electron chi connectivity index (χ4n) is 3.24. The van der Waals surface area contributed by atoms with E-state index in [1.807, 2.05) is 26.8 Å². The van der Waals surface area contributed by atoms with Crippen molar-refractivity contribution in [2.75, 3.05) is 0 Å². The third-order valence-electron chi connectivity index (χ3n) is 4.71. The second-order valence-corrected chi connectivity index (χ2v) is 7.70. The Morgan fingerprint density at radius 2 is 1.93 bits per heavy atom. The van der Waals surface area contributed by atoms with Gasteiger partial charge in [-0.3, -0.25) is 4.79 Å². The van der Waals surface area contributed by atoms with E-state index in [2.05, 4.69) is 5.32 Å². The van der Waals surface area contributed by atoms with E-state index in [1.54, 1.807) is 19.9 Å². The fraction of sp³-hybridized carbons (Fsp3) is 0.500. The number of ether oxygens (including phenoxy) is 1. The molecular formula is C22H29NO6. The summed E-state index contributed by atoms with van der Waals surface area (Å²) in [5, 5.41) is 12.7. The number of benzene rings is 1. The summed E-state index contributed by atoms with van der Waals surface area (Å²) in [5.74, 6) is -1.06. The summed E-state index contributed by atoms with van der Waals surface area (Å²) in [4.78, 5) is 35.7. The Balaban J connectivity index is 2.24. The minimum Gasteiger partial charge on any atom is -0.480 e. The molecule has 0 spiro atoms. The molecule has 29 heavy (non-hydrogen) atoms. The lowest BCUT2D eigenvalue weighted by atomic mass is 10.0. The van der Waals surface area contributed by atoms with E-state index in [-0.39, 0.29) is 5.92 Å². The van der Waals surface area contributed by atoms with Gasteiger partial charge >= 0.3 is 11.6 Å². The van der Waals surface area contributed by atoms with Gasteiger partial charge in [-0.1, -0.05) is 27.2 Å². The summed E-state index contributed by atoms with van der Waals surface area (Å²) in [5.41, 5.74) is 1.55. The predicted octanol–water partition coefficient (Wildman–Crippen LogP) is 3.44. The molecule has 2 N–H and O–H groups in total. The first-order valence-electron chi connectivity index (χ1n) is 9.90. The Kier molecular flexibility index (Phi) is 7.42. The van der Waals surface area contributed by atoms with Crippen LogP contribution in [0.3, 0.4) is 0 Å². The Morgan fingerprint density at radius 3 is 2.52 bits per heavy atom. The largest absolute Gasteiger partial charge is 0.480 e. The van der Waals surface area contributed by atoms with Crippen molar-refractivity contribution in [2.45, 2.75) is 66.0 Å². The topological polar surface area (TPSA) is 106 Å². The van der Waals surface area contributed by atoms with Gasteiger partial charge in [-0.2, -0.15) is 0 Å². The molecule has 0 radical (unpaired) electrons. The minimum atomic E-state index is -1.08. The molecule has 2 rings (SSSR count). The van der Waals surface area contributed by atoms with Crippen LogP contribution in [0, 0.1) is 12.8 Å². The van der Waals surface area contributed by atoms with E-state index in [9.17, 15) is 19.5 Å². The van der Waals surface area contributed by atoms with Crippen molar-refractivity contribution in [1.82, 2.24) is 5.32 Å². The minimum absolute atomic E-state index is 0.121. The number of carboxylic acids is 1. The number of amides is 1. The molecule has 0 saturated heterocycles. The average molecular weight is 403 g/mol. The predicted molar refractivity (Wildman–Crippen MR) is 110 cm³/mol. The standard InChI is InChI=1S/C22H29NO6/c1-6-7-15-11-19(24)29-20-13(4)18(9-8-16(15)20)28-14(5)21(25)23-17(22(26)27)10-12(2)3/h8-9,11-12,14,17H,6-7,10H2,1-5H3,(H,23,25)(H,26,27)/t14-,17+/m1/s1. The van der Waals surface area contributed by atoms with Crippen molar-refractivity contribution in [1.29, 1.82) is 0 Å². The first-order valence-corrected chi connectivity index (χ1v) is 9.90. The molecule has 158 valence electrons. The van der Waals surface area contributed by atoms with Crippen molar-refractivity contribution in [3.63, 3.8) is 0 Å². The van der Waals surface area contributed by atoms with Gasteiger partial charge in [-0.05, 0) is 50.3 Å².